The van der Waals surface area contributed by atoms with Crippen molar-refractivity contribution in [3.63, 3.8) is 0 Å². The molecule has 0 radical (unpaired) electrons. The molecule has 4 nitrogen and oxygen atoms in total. The van der Waals surface area contributed by atoms with Crippen LogP contribution >= 0.6 is 0 Å². The van der Waals surface area contributed by atoms with Crippen LogP contribution in [-0.4, -0.2) is 38.0 Å². The Morgan fingerprint density at radius 3 is 2.89 bits per heavy atom. The number of hydrogen-bond acceptors (Lipinski definition) is 4. The molecular formula is C14H22N2O2. The summed E-state index contributed by atoms with van der Waals surface area (Å²) in [6.07, 6.45) is 0. The molecule has 18 heavy (non-hydrogen) atoms. The first kappa shape index (κ1) is 13.2. The maximum atomic E-state index is 10.1. The summed E-state index contributed by atoms with van der Waals surface area (Å²) < 4.78 is 5.43. The molecule has 0 saturated carbocycles. The first-order valence-corrected chi connectivity index (χ1v) is 6.48. The van der Waals surface area contributed by atoms with Crippen molar-refractivity contribution >= 4 is 5.69 Å². The van der Waals surface area contributed by atoms with Gasteiger partial charge in [-0.25, -0.2) is 0 Å². The maximum absolute atomic E-state index is 10.1. The van der Waals surface area contributed by atoms with Crippen molar-refractivity contribution in [2.24, 2.45) is 0 Å². The van der Waals surface area contributed by atoms with Crippen LogP contribution in [-0.2, 0) is 4.74 Å². The summed E-state index contributed by atoms with van der Waals surface area (Å²) in [6.45, 7) is 6.54. The van der Waals surface area contributed by atoms with Gasteiger partial charge in [-0.3, -0.25) is 0 Å². The smallest absolute Gasteiger partial charge is 0.122 e. The lowest BCUT2D eigenvalue weighted by molar-refractivity contribution is 0.0989. The van der Waals surface area contributed by atoms with E-state index in [2.05, 4.69) is 23.2 Å². The number of phenolic OH excluding ortho intramolecular Hbond substituents is 1. The zero-order valence-corrected chi connectivity index (χ0v) is 11.3. The van der Waals surface area contributed by atoms with Gasteiger partial charge in [0, 0.05) is 35.9 Å². The molecule has 0 aromatic heterocycles. The first-order valence-electron chi connectivity index (χ1n) is 6.48. The molecule has 2 N–H and O–H groups in total. The Kier molecular flexibility index (Phi) is 4.09. The number of phenols is 1. The van der Waals surface area contributed by atoms with E-state index in [1.165, 1.54) is 0 Å². The van der Waals surface area contributed by atoms with Gasteiger partial charge in [-0.1, -0.05) is 6.07 Å². The average molecular weight is 250 g/mol. The summed E-state index contributed by atoms with van der Waals surface area (Å²) in [5, 5.41) is 13.2. The van der Waals surface area contributed by atoms with Gasteiger partial charge in [0.05, 0.1) is 13.2 Å². The third kappa shape index (κ3) is 2.60. The van der Waals surface area contributed by atoms with E-state index in [9.17, 15) is 5.11 Å². The SMILES string of the molecule is CNC(C)c1ccc(N2CCOCC2C)cc1O. The molecule has 1 fully saturated rings. The highest BCUT2D eigenvalue weighted by atomic mass is 16.5. The fourth-order valence-corrected chi connectivity index (χ4v) is 2.34. The van der Waals surface area contributed by atoms with Crippen LogP contribution in [0.25, 0.3) is 0 Å². The normalized spacial score (nSPS) is 21.9. The van der Waals surface area contributed by atoms with E-state index < -0.39 is 0 Å². The third-order valence-electron chi connectivity index (χ3n) is 3.61. The quantitative estimate of drug-likeness (QED) is 0.860. The first-order chi connectivity index (χ1) is 8.63. The molecule has 0 spiro atoms. The molecule has 2 unspecified atom stereocenters. The Morgan fingerprint density at radius 1 is 1.50 bits per heavy atom. The number of anilines is 1. The highest BCUT2D eigenvalue weighted by molar-refractivity contribution is 5.54. The topological polar surface area (TPSA) is 44.7 Å². The zero-order valence-electron chi connectivity index (χ0n) is 11.3. The monoisotopic (exact) mass is 250 g/mol. The Bertz CT molecular complexity index is 409. The molecular weight excluding hydrogens is 228 g/mol. The number of nitrogens with one attached hydrogen (secondary N) is 1. The molecule has 1 saturated heterocycles. The molecule has 2 atom stereocenters. The predicted molar refractivity (Wildman–Crippen MR) is 73.2 cm³/mol. The van der Waals surface area contributed by atoms with Crippen molar-refractivity contribution in [2.45, 2.75) is 25.9 Å². The fraction of sp³-hybridized carbons (Fsp3) is 0.571. The molecule has 1 aliphatic rings. The molecule has 1 aromatic rings. The number of aromatic hydroxyl groups is 1. The second kappa shape index (κ2) is 5.59. The van der Waals surface area contributed by atoms with E-state index in [1.54, 1.807) is 0 Å². The Morgan fingerprint density at radius 2 is 2.28 bits per heavy atom. The molecule has 0 amide bonds. The van der Waals surface area contributed by atoms with E-state index in [0.717, 1.165) is 31.0 Å². The lowest BCUT2D eigenvalue weighted by Crippen LogP contribution is -2.43. The highest BCUT2D eigenvalue weighted by Crippen LogP contribution is 2.30. The van der Waals surface area contributed by atoms with Crippen molar-refractivity contribution in [3.05, 3.63) is 23.8 Å². The third-order valence-corrected chi connectivity index (χ3v) is 3.61. The summed E-state index contributed by atoms with van der Waals surface area (Å²) in [5.74, 6) is 0.355. The van der Waals surface area contributed by atoms with Gasteiger partial charge in [-0.2, -0.15) is 0 Å². The van der Waals surface area contributed by atoms with E-state index >= 15 is 0 Å². The second-order valence-electron chi connectivity index (χ2n) is 4.87. The highest BCUT2D eigenvalue weighted by Gasteiger charge is 2.20. The van der Waals surface area contributed by atoms with Crippen LogP contribution in [0.5, 0.6) is 5.75 Å². The van der Waals surface area contributed by atoms with Gasteiger partial charge in [0.2, 0.25) is 0 Å². The van der Waals surface area contributed by atoms with Gasteiger partial charge < -0.3 is 20.1 Å². The minimum absolute atomic E-state index is 0.154. The van der Waals surface area contributed by atoms with Crippen LogP contribution in [0.1, 0.15) is 25.5 Å². The van der Waals surface area contributed by atoms with E-state index in [4.69, 9.17) is 4.74 Å². The van der Waals surface area contributed by atoms with Crippen molar-refractivity contribution in [2.75, 3.05) is 31.7 Å². The van der Waals surface area contributed by atoms with Crippen molar-refractivity contribution < 1.29 is 9.84 Å². The molecule has 0 bridgehead atoms. The van der Waals surface area contributed by atoms with Crippen LogP contribution < -0.4 is 10.2 Å². The van der Waals surface area contributed by atoms with E-state index in [-0.39, 0.29) is 6.04 Å². The maximum Gasteiger partial charge on any atom is 0.122 e. The number of nitrogens with zero attached hydrogens (tertiary/aromatic N) is 1. The molecule has 1 aliphatic heterocycles. The van der Waals surface area contributed by atoms with Crippen molar-refractivity contribution in [3.8, 4) is 5.75 Å². The summed E-state index contributed by atoms with van der Waals surface area (Å²) in [4.78, 5) is 2.27. The summed E-state index contributed by atoms with van der Waals surface area (Å²) in [5.41, 5.74) is 2.00. The molecule has 0 aliphatic carbocycles. The molecule has 2 rings (SSSR count). The minimum Gasteiger partial charge on any atom is -0.508 e. The lowest BCUT2D eigenvalue weighted by atomic mass is 10.1. The largest absolute Gasteiger partial charge is 0.508 e. The second-order valence-corrected chi connectivity index (χ2v) is 4.87. The fourth-order valence-electron chi connectivity index (χ4n) is 2.34. The standard InChI is InChI=1S/C14H22N2O2/c1-10-9-18-7-6-16(10)12-4-5-13(11(2)15-3)14(17)8-12/h4-5,8,10-11,15,17H,6-7,9H2,1-3H3. The number of benzene rings is 1. The summed E-state index contributed by atoms with van der Waals surface area (Å²) >= 11 is 0. The number of hydrogen-bond donors (Lipinski definition) is 2. The van der Waals surface area contributed by atoms with Crippen LogP contribution in [0, 0.1) is 0 Å². The van der Waals surface area contributed by atoms with Gasteiger partial charge in [0.15, 0.2) is 0 Å². The Hall–Kier alpha value is -1.26. The van der Waals surface area contributed by atoms with Crippen molar-refractivity contribution in [1.29, 1.82) is 0 Å². The zero-order chi connectivity index (χ0) is 13.1. The van der Waals surface area contributed by atoms with Crippen LogP contribution in [0.15, 0.2) is 18.2 Å². The number of ether oxygens (including phenoxy) is 1. The predicted octanol–water partition coefficient (Wildman–Crippen LogP) is 1.90. The lowest BCUT2D eigenvalue weighted by Gasteiger charge is -2.35. The van der Waals surface area contributed by atoms with Gasteiger partial charge >= 0.3 is 0 Å². The van der Waals surface area contributed by atoms with Crippen molar-refractivity contribution in [1.82, 2.24) is 5.32 Å². The Labute approximate surface area is 109 Å². The van der Waals surface area contributed by atoms with Gasteiger partial charge in [-0.05, 0) is 27.0 Å². The molecule has 1 aromatic carbocycles. The molecule has 4 heteroatoms. The number of morpholine rings is 1. The summed E-state index contributed by atoms with van der Waals surface area (Å²) in [7, 11) is 1.89. The average Bonchev–Trinajstić information content (AvgIpc) is 2.38. The minimum atomic E-state index is 0.154. The van der Waals surface area contributed by atoms with Gasteiger partial charge in [0.1, 0.15) is 5.75 Å². The number of rotatable bonds is 3. The van der Waals surface area contributed by atoms with Crippen LogP contribution in [0.3, 0.4) is 0 Å². The van der Waals surface area contributed by atoms with Crippen LogP contribution in [0.4, 0.5) is 5.69 Å². The van der Waals surface area contributed by atoms with E-state index in [1.807, 2.05) is 26.1 Å². The molecule has 100 valence electrons. The van der Waals surface area contributed by atoms with Crippen LogP contribution in [0.2, 0.25) is 0 Å². The van der Waals surface area contributed by atoms with E-state index in [0.29, 0.717) is 11.8 Å². The van der Waals surface area contributed by atoms with Gasteiger partial charge in [-0.15, -0.1) is 0 Å². The Balaban J connectivity index is 2.22. The summed E-state index contributed by atoms with van der Waals surface area (Å²) in [6, 6.07) is 6.43. The van der Waals surface area contributed by atoms with Gasteiger partial charge in [0.25, 0.3) is 0 Å². The molecule has 1 heterocycles.